The number of hydrogen-bond acceptors (Lipinski definition) is 5. The molecule has 1 atom stereocenters. The van der Waals surface area contributed by atoms with Crippen LogP contribution in [-0.2, 0) is 12.2 Å². The van der Waals surface area contributed by atoms with Gasteiger partial charge in [0.05, 0.1) is 5.75 Å². The molecule has 1 aliphatic heterocycles. The number of hydrogen-bond donors (Lipinski definition) is 1. The third kappa shape index (κ3) is 4.28. The molecule has 0 saturated carbocycles. The Kier molecular flexibility index (Phi) is 4.87. The van der Waals surface area contributed by atoms with Crippen LogP contribution < -0.4 is 5.32 Å². The van der Waals surface area contributed by atoms with Crippen LogP contribution in [0.5, 0.6) is 0 Å². The van der Waals surface area contributed by atoms with E-state index in [0.29, 0.717) is 23.4 Å². The molecule has 6 heteroatoms. The summed E-state index contributed by atoms with van der Waals surface area (Å²) in [6, 6.07) is 6.53. The highest BCUT2D eigenvalue weighted by Crippen LogP contribution is 2.22. The molecule has 2 aromatic rings. The molecular weight excluding hydrogens is 289 g/mol. The van der Waals surface area contributed by atoms with Crippen LogP contribution in [0.15, 0.2) is 33.7 Å². The molecule has 1 aromatic carbocycles. The fourth-order valence-corrected chi connectivity index (χ4v) is 3.27. The largest absolute Gasteiger partial charge is 0.339 e. The highest BCUT2D eigenvalue weighted by Gasteiger charge is 2.17. The number of halogens is 1. The summed E-state index contributed by atoms with van der Waals surface area (Å²) >= 11 is 1.51. The lowest BCUT2D eigenvalue weighted by Crippen LogP contribution is -2.30. The van der Waals surface area contributed by atoms with Crippen molar-refractivity contribution in [3.05, 3.63) is 41.8 Å². The fourth-order valence-electron chi connectivity index (χ4n) is 2.48. The summed E-state index contributed by atoms with van der Waals surface area (Å²) in [5.41, 5.74) is 0. The van der Waals surface area contributed by atoms with Crippen molar-refractivity contribution in [2.45, 2.75) is 29.9 Å². The number of piperidine rings is 1. The normalized spacial score (nSPS) is 18.8. The average Bonchev–Trinajstić information content (AvgIpc) is 2.94. The summed E-state index contributed by atoms with van der Waals surface area (Å²) in [4.78, 5) is 5.29. The first kappa shape index (κ1) is 14.5. The molecule has 21 heavy (non-hydrogen) atoms. The van der Waals surface area contributed by atoms with Crippen molar-refractivity contribution in [1.82, 2.24) is 15.5 Å². The van der Waals surface area contributed by atoms with Crippen molar-refractivity contribution in [3.8, 4) is 0 Å². The summed E-state index contributed by atoms with van der Waals surface area (Å²) in [6.45, 7) is 2.13. The van der Waals surface area contributed by atoms with Gasteiger partial charge in [-0.1, -0.05) is 11.2 Å². The van der Waals surface area contributed by atoms with Gasteiger partial charge in [-0.05, 0) is 50.0 Å². The standard InChI is InChI=1S/C15H18FN3OS/c16-12-4-1-5-13(8-12)21-10-14-18-15(20-19-14)7-11-3-2-6-17-9-11/h1,4-5,8,11,17H,2-3,6-7,9-10H2. The maximum atomic E-state index is 13.1. The maximum Gasteiger partial charge on any atom is 0.226 e. The highest BCUT2D eigenvalue weighted by atomic mass is 32.2. The lowest BCUT2D eigenvalue weighted by Gasteiger charge is -2.20. The molecule has 0 radical (unpaired) electrons. The Morgan fingerprint density at radius 3 is 3.19 bits per heavy atom. The summed E-state index contributed by atoms with van der Waals surface area (Å²) in [7, 11) is 0. The van der Waals surface area contributed by atoms with Gasteiger partial charge in [-0.2, -0.15) is 4.98 Å². The Morgan fingerprint density at radius 1 is 1.43 bits per heavy atom. The van der Waals surface area contributed by atoms with Crippen molar-refractivity contribution in [2.75, 3.05) is 13.1 Å². The predicted octanol–water partition coefficient (Wildman–Crippen LogP) is 3.04. The molecule has 1 aliphatic rings. The van der Waals surface area contributed by atoms with E-state index in [1.54, 1.807) is 6.07 Å². The Morgan fingerprint density at radius 2 is 2.38 bits per heavy atom. The van der Waals surface area contributed by atoms with Gasteiger partial charge >= 0.3 is 0 Å². The van der Waals surface area contributed by atoms with Crippen LogP contribution >= 0.6 is 11.8 Å². The van der Waals surface area contributed by atoms with Gasteiger partial charge in [-0.15, -0.1) is 11.8 Å². The van der Waals surface area contributed by atoms with Crippen LogP contribution in [0.2, 0.25) is 0 Å². The smallest absolute Gasteiger partial charge is 0.226 e. The van der Waals surface area contributed by atoms with Crippen molar-refractivity contribution in [2.24, 2.45) is 5.92 Å². The number of rotatable bonds is 5. The van der Waals surface area contributed by atoms with Crippen LogP contribution in [0.1, 0.15) is 24.6 Å². The molecule has 0 aliphatic carbocycles. The van der Waals surface area contributed by atoms with Gasteiger partial charge < -0.3 is 9.84 Å². The monoisotopic (exact) mass is 307 g/mol. The van der Waals surface area contributed by atoms with E-state index in [4.69, 9.17) is 4.52 Å². The van der Waals surface area contributed by atoms with Gasteiger partial charge in [0.15, 0.2) is 5.82 Å². The second kappa shape index (κ2) is 7.04. The van der Waals surface area contributed by atoms with E-state index in [2.05, 4.69) is 15.5 Å². The predicted molar refractivity (Wildman–Crippen MR) is 79.6 cm³/mol. The molecule has 2 heterocycles. The molecule has 1 aromatic heterocycles. The molecule has 1 N–H and O–H groups in total. The SMILES string of the molecule is Fc1cccc(SCc2noc(CC3CCCNC3)n2)c1. The van der Waals surface area contributed by atoms with E-state index in [1.165, 1.54) is 36.7 Å². The zero-order valence-corrected chi connectivity index (χ0v) is 12.5. The molecule has 0 amide bonds. The van der Waals surface area contributed by atoms with Gasteiger partial charge in [0.25, 0.3) is 0 Å². The topological polar surface area (TPSA) is 51.0 Å². The van der Waals surface area contributed by atoms with Crippen LogP contribution in [0, 0.1) is 11.7 Å². The summed E-state index contributed by atoms with van der Waals surface area (Å²) < 4.78 is 18.4. The zero-order valence-electron chi connectivity index (χ0n) is 11.7. The molecule has 3 rings (SSSR count). The van der Waals surface area contributed by atoms with Crippen LogP contribution in [0.3, 0.4) is 0 Å². The first-order chi connectivity index (χ1) is 10.3. The van der Waals surface area contributed by atoms with Gasteiger partial charge in [0, 0.05) is 11.3 Å². The van der Waals surface area contributed by atoms with E-state index in [1.807, 2.05) is 6.07 Å². The highest BCUT2D eigenvalue weighted by molar-refractivity contribution is 7.98. The van der Waals surface area contributed by atoms with Crippen LogP contribution in [0.25, 0.3) is 0 Å². The number of thioether (sulfide) groups is 1. The van der Waals surface area contributed by atoms with Crippen molar-refractivity contribution in [1.29, 1.82) is 0 Å². The lowest BCUT2D eigenvalue weighted by molar-refractivity contribution is 0.315. The molecule has 1 fully saturated rings. The number of nitrogens with one attached hydrogen (secondary N) is 1. The van der Waals surface area contributed by atoms with Gasteiger partial charge in [-0.3, -0.25) is 0 Å². The molecule has 0 bridgehead atoms. The minimum Gasteiger partial charge on any atom is -0.339 e. The van der Waals surface area contributed by atoms with E-state index in [9.17, 15) is 4.39 Å². The second-order valence-corrected chi connectivity index (χ2v) is 6.32. The Bertz CT molecular complexity index is 584. The Balaban J connectivity index is 1.52. The molecular formula is C15H18FN3OS. The van der Waals surface area contributed by atoms with Crippen molar-refractivity contribution < 1.29 is 8.91 Å². The third-order valence-corrected chi connectivity index (χ3v) is 4.53. The van der Waals surface area contributed by atoms with Crippen molar-refractivity contribution >= 4 is 11.8 Å². The minimum absolute atomic E-state index is 0.224. The molecule has 4 nitrogen and oxygen atoms in total. The Hall–Kier alpha value is -1.40. The van der Waals surface area contributed by atoms with E-state index < -0.39 is 0 Å². The van der Waals surface area contributed by atoms with Gasteiger partial charge in [0.1, 0.15) is 5.82 Å². The number of nitrogens with zero attached hydrogens (tertiary/aromatic N) is 2. The number of benzene rings is 1. The fraction of sp³-hybridized carbons (Fsp3) is 0.467. The molecule has 1 unspecified atom stereocenters. The second-order valence-electron chi connectivity index (χ2n) is 5.27. The van der Waals surface area contributed by atoms with Crippen LogP contribution in [-0.4, -0.2) is 23.2 Å². The minimum atomic E-state index is -0.224. The summed E-state index contributed by atoms with van der Waals surface area (Å²) in [6.07, 6.45) is 3.26. The number of aromatic nitrogens is 2. The van der Waals surface area contributed by atoms with E-state index in [-0.39, 0.29) is 5.82 Å². The van der Waals surface area contributed by atoms with Gasteiger partial charge in [0.2, 0.25) is 5.89 Å². The lowest BCUT2D eigenvalue weighted by atomic mass is 9.96. The Labute approximate surface area is 127 Å². The quantitative estimate of drug-likeness (QED) is 0.861. The van der Waals surface area contributed by atoms with E-state index >= 15 is 0 Å². The first-order valence-electron chi connectivity index (χ1n) is 7.20. The average molecular weight is 307 g/mol. The van der Waals surface area contributed by atoms with Gasteiger partial charge in [-0.25, -0.2) is 4.39 Å². The third-order valence-electron chi connectivity index (χ3n) is 3.54. The molecule has 0 spiro atoms. The maximum absolute atomic E-state index is 13.1. The molecule has 1 saturated heterocycles. The molecule has 112 valence electrons. The summed E-state index contributed by atoms with van der Waals surface area (Å²) in [5.74, 6) is 2.33. The zero-order chi connectivity index (χ0) is 14.5. The van der Waals surface area contributed by atoms with Crippen molar-refractivity contribution in [3.63, 3.8) is 0 Å². The summed E-state index contributed by atoms with van der Waals surface area (Å²) in [5, 5.41) is 7.38. The first-order valence-corrected chi connectivity index (χ1v) is 8.19. The van der Waals surface area contributed by atoms with E-state index in [0.717, 1.165) is 24.4 Å². The van der Waals surface area contributed by atoms with Crippen LogP contribution in [0.4, 0.5) is 4.39 Å².